The molecule has 0 spiro atoms. The van der Waals surface area contributed by atoms with Crippen LogP contribution in [0.3, 0.4) is 0 Å². The standard InChI is InChI=1S/C18H25N3O4/c22-11-3-6-15-5-2-9-19(15)13-18(23)20-10-1-4-14-12-16(21(24)25)7-8-17(14)20/h7-8,12,15,22H,1-6,9-11,13H2/t15-/m0/s1. The number of anilines is 1. The zero-order valence-electron chi connectivity index (χ0n) is 14.4. The van der Waals surface area contributed by atoms with Crippen LogP contribution in [-0.2, 0) is 11.2 Å². The number of aryl methyl sites for hydroxylation is 1. The predicted molar refractivity (Wildman–Crippen MR) is 94.7 cm³/mol. The SMILES string of the molecule is O=C(CN1CCC[C@H]1CCCO)N1CCCc2cc([N+](=O)[O-])ccc21. The third-order valence-electron chi connectivity index (χ3n) is 5.23. The molecule has 1 aromatic rings. The van der Waals surface area contributed by atoms with Crippen LogP contribution in [0.15, 0.2) is 18.2 Å². The van der Waals surface area contributed by atoms with Gasteiger partial charge in [-0.1, -0.05) is 0 Å². The van der Waals surface area contributed by atoms with Crippen molar-refractivity contribution in [2.45, 2.75) is 44.6 Å². The normalized spacial score (nSPS) is 20.5. The van der Waals surface area contributed by atoms with Crippen LogP contribution in [0.4, 0.5) is 11.4 Å². The number of aliphatic hydroxyl groups excluding tert-OH is 1. The van der Waals surface area contributed by atoms with Gasteiger partial charge in [0.25, 0.3) is 5.69 Å². The van der Waals surface area contributed by atoms with E-state index in [9.17, 15) is 14.9 Å². The number of carbonyl (C=O) groups excluding carboxylic acids is 1. The van der Waals surface area contributed by atoms with E-state index in [1.165, 1.54) is 6.07 Å². The van der Waals surface area contributed by atoms with E-state index in [0.29, 0.717) is 19.1 Å². The first kappa shape index (κ1) is 17.8. The lowest BCUT2D eigenvalue weighted by Gasteiger charge is -2.32. The van der Waals surface area contributed by atoms with Crippen LogP contribution in [0.25, 0.3) is 0 Å². The fourth-order valence-electron chi connectivity index (χ4n) is 3.97. The number of nitro benzene ring substituents is 1. The molecule has 1 aromatic carbocycles. The zero-order valence-corrected chi connectivity index (χ0v) is 14.4. The molecule has 1 N–H and O–H groups in total. The number of nitrogens with zero attached hydrogens (tertiary/aromatic N) is 3. The number of aliphatic hydroxyl groups is 1. The summed E-state index contributed by atoms with van der Waals surface area (Å²) >= 11 is 0. The molecule has 0 aliphatic carbocycles. The Morgan fingerprint density at radius 1 is 1.32 bits per heavy atom. The summed E-state index contributed by atoms with van der Waals surface area (Å²) in [6.45, 7) is 2.16. The number of non-ortho nitro benzene ring substituents is 1. The molecule has 1 saturated heterocycles. The van der Waals surface area contributed by atoms with Crippen molar-refractivity contribution in [1.82, 2.24) is 4.90 Å². The van der Waals surface area contributed by atoms with Gasteiger partial charge in [0.05, 0.1) is 11.5 Å². The molecule has 0 saturated carbocycles. The van der Waals surface area contributed by atoms with Crippen molar-refractivity contribution in [2.24, 2.45) is 0 Å². The van der Waals surface area contributed by atoms with Gasteiger partial charge in [0, 0.05) is 37.0 Å². The first-order valence-corrected chi connectivity index (χ1v) is 9.02. The monoisotopic (exact) mass is 347 g/mol. The Morgan fingerprint density at radius 2 is 2.16 bits per heavy atom. The molecule has 7 nitrogen and oxygen atoms in total. The topological polar surface area (TPSA) is 86.9 Å². The lowest BCUT2D eigenvalue weighted by atomic mass is 10.0. The Hall–Kier alpha value is -1.99. The van der Waals surface area contributed by atoms with Gasteiger partial charge in [0.15, 0.2) is 0 Å². The van der Waals surface area contributed by atoms with E-state index >= 15 is 0 Å². The summed E-state index contributed by atoms with van der Waals surface area (Å²) in [5.74, 6) is 0.0608. The number of hydrogen-bond donors (Lipinski definition) is 1. The van der Waals surface area contributed by atoms with Crippen molar-refractivity contribution in [3.63, 3.8) is 0 Å². The van der Waals surface area contributed by atoms with Crippen molar-refractivity contribution >= 4 is 17.3 Å². The molecule has 0 aromatic heterocycles. The first-order chi connectivity index (χ1) is 12.1. The van der Waals surface area contributed by atoms with Crippen LogP contribution in [-0.4, -0.2) is 53.1 Å². The van der Waals surface area contributed by atoms with E-state index in [1.54, 1.807) is 17.0 Å². The van der Waals surface area contributed by atoms with Crippen LogP contribution in [0.2, 0.25) is 0 Å². The third kappa shape index (κ3) is 3.99. The minimum Gasteiger partial charge on any atom is -0.396 e. The number of fused-ring (bicyclic) bond motifs is 1. The Balaban J connectivity index is 1.70. The molecule has 25 heavy (non-hydrogen) atoms. The Kier molecular flexibility index (Phi) is 5.65. The molecule has 3 rings (SSSR count). The van der Waals surface area contributed by atoms with Crippen molar-refractivity contribution in [3.05, 3.63) is 33.9 Å². The van der Waals surface area contributed by atoms with E-state index in [-0.39, 0.29) is 18.2 Å². The second kappa shape index (κ2) is 7.93. The molecule has 7 heteroatoms. The molecule has 2 aliphatic rings. The lowest BCUT2D eigenvalue weighted by molar-refractivity contribution is -0.384. The van der Waals surface area contributed by atoms with Gasteiger partial charge in [-0.05, 0) is 56.7 Å². The predicted octanol–water partition coefficient (Wildman–Crippen LogP) is 2.11. The van der Waals surface area contributed by atoms with Crippen LogP contribution >= 0.6 is 0 Å². The zero-order chi connectivity index (χ0) is 17.8. The second-order valence-electron chi connectivity index (χ2n) is 6.85. The van der Waals surface area contributed by atoms with Gasteiger partial charge in [0.1, 0.15) is 0 Å². The van der Waals surface area contributed by atoms with Crippen LogP contribution in [0.5, 0.6) is 0 Å². The maximum Gasteiger partial charge on any atom is 0.269 e. The second-order valence-corrected chi connectivity index (χ2v) is 6.85. The fraction of sp³-hybridized carbons (Fsp3) is 0.611. The van der Waals surface area contributed by atoms with Gasteiger partial charge in [-0.2, -0.15) is 0 Å². The fourth-order valence-corrected chi connectivity index (χ4v) is 3.97. The highest BCUT2D eigenvalue weighted by Gasteiger charge is 2.30. The number of carbonyl (C=O) groups is 1. The molecule has 1 fully saturated rings. The molecule has 1 atom stereocenters. The average Bonchev–Trinajstić information content (AvgIpc) is 3.05. The molecule has 136 valence electrons. The summed E-state index contributed by atoms with van der Waals surface area (Å²) < 4.78 is 0. The van der Waals surface area contributed by atoms with Crippen LogP contribution < -0.4 is 4.90 Å². The van der Waals surface area contributed by atoms with E-state index in [1.807, 2.05) is 0 Å². The van der Waals surface area contributed by atoms with Crippen molar-refractivity contribution in [2.75, 3.05) is 31.1 Å². The largest absolute Gasteiger partial charge is 0.396 e. The highest BCUT2D eigenvalue weighted by atomic mass is 16.6. The Labute approximate surface area is 147 Å². The highest BCUT2D eigenvalue weighted by molar-refractivity contribution is 5.96. The van der Waals surface area contributed by atoms with Crippen molar-refractivity contribution < 1.29 is 14.8 Å². The number of rotatable bonds is 6. The van der Waals surface area contributed by atoms with E-state index < -0.39 is 4.92 Å². The summed E-state index contributed by atoms with van der Waals surface area (Å²) in [7, 11) is 0. The first-order valence-electron chi connectivity index (χ1n) is 9.02. The highest BCUT2D eigenvalue weighted by Crippen LogP contribution is 2.31. The number of benzene rings is 1. The molecule has 0 bridgehead atoms. The summed E-state index contributed by atoms with van der Waals surface area (Å²) in [4.78, 5) is 27.4. The number of amides is 1. The number of likely N-dealkylation sites (tertiary alicyclic amines) is 1. The molecular weight excluding hydrogens is 322 g/mol. The molecule has 2 heterocycles. The van der Waals surface area contributed by atoms with Crippen LogP contribution in [0.1, 0.15) is 37.7 Å². The molecular formula is C18H25N3O4. The minimum atomic E-state index is -0.392. The molecule has 2 aliphatic heterocycles. The van der Waals surface area contributed by atoms with Gasteiger partial charge in [-0.3, -0.25) is 19.8 Å². The number of nitro groups is 1. The van der Waals surface area contributed by atoms with E-state index in [4.69, 9.17) is 5.11 Å². The maximum atomic E-state index is 12.9. The van der Waals surface area contributed by atoms with Gasteiger partial charge in [-0.25, -0.2) is 0 Å². The van der Waals surface area contributed by atoms with Crippen molar-refractivity contribution in [1.29, 1.82) is 0 Å². The van der Waals surface area contributed by atoms with E-state index in [0.717, 1.165) is 56.3 Å². The average molecular weight is 347 g/mol. The maximum absolute atomic E-state index is 12.9. The minimum absolute atomic E-state index is 0.0608. The Morgan fingerprint density at radius 3 is 2.92 bits per heavy atom. The van der Waals surface area contributed by atoms with Gasteiger partial charge in [-0.15, -0.1) is 0 Å². The number of hydrogen-bond acceptors (Lipinski definition) is 5. The Bertz CT molecular complexity index is 649. The molecule has 0 unspecified atom stereocenters. The quantitative estimate of drug-likeness (QED) is 0.629. The van der Waals surface area contributed by atoms with Gasteiger partial charge in [0.2, 0.25) is 5.91 Å². The van der Waals surface area contributed by atoms with Gasteiger partial charge < -0.3 is 10.0 Å². The summed E-state index contributed by atoms with van der Waals surface area (Å²) in [5, 5.41) is 20.0. The van der Waals surface area contributed by atoms with E-state index in [2.05, 4.69) is 4.90 Å². The summed E-state index contributed by atoms with van der Waals surface area (Å²) in [6.07, 6.45) is 5.46. The summed E-state index contributed by atoms with van der Waals surface area (Å²) in [5.41, 5.74) is 1.77. The summed E-state index contributed by atoms with van der Waals surface area (Å²) in [6, 6.07) is 5.15. The van der Waals surface area contributed by atoms with Crippen LogP contribution in [0, 0.1) is 10.1 Å². The van der Waals surface area contributed by atoms with Gasteiger partial charge >= 0.3 is 0 Å². The smallest absolute Gasteiger partial charge is 0.269 e. The lowest BCUT2D eigenvalue weighted by Crippen LogP contribution is -2.44. The van der Waals surface area contributed by atoms with Crippen molar-refractivity contribution in [3.8, 4) is 0 Å². The molecule has 0 radical (unpaired) electrons. The molecule has 1 amide bonds. The third-order valence-corrected chi connectivity index (χ3v) is 5.23.